The van der Waals surface area contributed by atoms with E-state index in [-0.39, 0.29) is 10.9 Å². The van der Waals surface area contributed by atoms with E-state index in [9.17, 15) is 13.2 Å². The zero-order chi connectivity index (χ0) is 14.2. The van der Waals surface area contributed by atoms with E-state index in [2.05, 4.69) is 21.0 Å². The van der Waals surface area contributed by atoms with Gasteiger partial charge in [0, 0.05) is 10.9 Å². The summed E-state index contributed by atoms with van der Waals surface area (Å²) >= 11 is 3.07. The van der Waals surface area contributed by atoms with Crippen LogP contribution in [0.3, 0.4) is 0 Å². The Bertz CT molecular complexity index is 602. The summed E-state index contributed by atoms with van der Waals surface area (Å²) in [4.78, 5) is 0. The van der Waals surface area contributed by atoms with Gasteiger partial charge in [-0.05, 0) is 31.0 Å². The van der Waals surface area contributed by atoms with E-state index in [1.54, 1.807) is 19.1 Å². The predicted octanol–water partition coefficient (Wildman–Crippen LogP) is 4.40. The molecule has 2 aromatic rings. The summed E-state index contributed by atoms with van der Waals surface area (Å²) in [6, 6.07) is 5.36. The second kappa shape index (κ2) is 5.00. The van der Waals surface area contributed by atoms with E-state index in [4.69, 9.17) is 0 Å². The Labute approximate surface area is 117 Å². The fourth-order valence-corrected chi connectivity index (χ4v) is 2.32. The number of rotatable bonds is 2. The van der Waals surface area contributed by atoms with E-state index in [1.807, 2.05) is 13.0 Å². The van der Waals surface area contributed by atoms with E-state index in [0.717, 1.165) is 15.8 Å². The molecule has 102 valence electrons. The maximum absolute atomic E-state index is 13.2. The molecule has 0 bridgehead atoms. The number of nitrogens with zero attached hydrogens (tertiary/aromatic N) is 2. The van der Waals surface area contributed by atoms with Crippen LogP contribution in [0.5, 0.6) is 0 Å². The van der Waals surface area contributed by atoms with Crippen molar-refractivity contribution in [2.75, 3.05) is 0 Å². The van der Waals surface area contributed by atoms with Crippen LogP contribution >= 0.6 is 15.9 Å². The number of hydrogen-bond donors (Lipinski definition) is 0. The minimum Gasteiger partial charge on any atom is -0.228 e. The van der Waals surface area contributed by atoms with Crippen molar-refractivity contribution in [3.63, 3.8) is 0 Å². The first-order chi connectivity index (χ1) is 8.84. The van der Waals surface area contributed by atoms with Gasteiger partial charge in [0.2, 0.25) is 0 Å². The van der Waals surface area contributed by atoms with E-state index in [1.165, 1.54) is 6.20 Å². The Kier molecular flexibility index (Phi) is 3.71. The molecule has 0 aliphatic carbocycles. The molecule has 0 spiro atoms. The van der Waals surface area contributed by atoms with E-state index < -0.39 is 11.9 Å². The maximum atomic E-state index is 13.2. The molecule has 1 aromatic heterocycles. The van der Waals surface area contributed by atoms with Crippen molar-refractivity contribution >= 4 is 15.9 Å². The number of hydrogen-bond acceptors (Lipinski definition) is 1. The maximum Gasteiger partial charge on any atom is 0.433 e. The van der Waals surface area contributed by atoms with Crippen LogP contribution in [0.15, 0.2) is 24.4 Å². The molecule has 0 amide bonds. The molecule has 0 N–H and O–H groups in total. The van der Waals surface area contributed by atoms with Crippen LogP contribution in [-0.2, 0) is 11.5 Å². The Hall–Kier alpha value is -1.30. The first-order valence-corrected chi connectivity index (χ1v) is 6.74. The van der Waals surface area contributed by atoms with Crippen molar-refractivity contribution < 1.29 is 13.2 Å². The normalized spacial score (nSPS) is 11.9. The van der Waals surface area contributed by atoms with Crippen LogP contribution in [0, 0.1) is 13.8 Å². The van der Waals surface area contributed by atoms with Gasteiger partial charge in [0.1, 0.15) is 0 Å². The molecule has 0 aliphatic rings. The Morgan fingerprint density at radius 3 is 2.53 bits per heavy atom. The summed E-state index contributed by atoms with van der Waals surface area (Å²) in [6.45, 7) is 3.61. The second-order valence-corrected chi connectivity index (χ2v) is 4.91. The van der Waals surface area contributed by atoms with Gasteiger partial charge in [0.05, 0.1) is 11.9 Å². The smallest absolute Gasteiger partial charge is 0.228 e. The van der Waals surface area contributed by atoms with Crippen molar-refractivity contribution in [2.24, 2.45) is 0 Å². The zero-order valence-corrected chi connectivity index (χ0v) is 12.0. The lowest BCUT2D eigenvalue weighted by Gasteiger charge is -2.14. The highest BCUT2D eigenvalue weighted by molar-refractivity contribution is 9.08. The van der Waals surface area contributed by atoms with Gasteiger partial charge >= 0.3 is 6.18 Å². The summed E-state index contributed by atoms with van der Waals surface area (Å²) in [7, 11) is 0. The molecule has 0 aliphatic heterocycles. The number of aryl methyl sites for hydroxylation is 2. The average Bonchev–Trinajstić information content (AvgIpc) is 2.75. The summed E-state index contributed by atoms with van der Waals surface area (Å²) in [5.74, 6) is 0. The molecule has 0 atom stereocenters. The molecular formula is C13H12BrF3N2. The van der Waals surface area contributed by atoms with Crippen molar-refractivity contribution in [3.05, 3.63) is 46.8 Å². The van der Waals surface area contributed by atoms with Crippen LogP contribution in [-0.4, -0.2) is 9.78 Å². The van der Waals surface area contributed by atoms with Gasteiger partial charge in [0.25, 0.3) is 0 Å². The summed E-state index contributed by atoms with van der Waals surface area (Å²) < 4.78 is 40.5. The van der Waals surface area contributed by atoms with Crippen molar-refractivity contribution in [1.82, 2.24) is 9.78 Å². The largest absolute Gasteiger partial charge is 0.433 e. The topological polar surface area (TPSA) is 17.8 Å². The molecule has 0 radical (unpaired) electrons. The third-order valence-corrected chi connectivity index (χ3v) is 3.45. The van der Waals surface area contributed by atoms with Crippen LogP contribution in [0.2, 0.25) is 0 Å². The standard InChI is InChI=1S/C13H12BrF3N2/c1-8-3-4-9(2)11(5-8)19-12(13(15,16)17)10(6-14)7-18-19/h3-5,7H,6H2,1-2H3. The van der Waals surface area contributed by atoms with Gasteiger partial charge < -0.3 is 0 Å². The van der Waals surface area contributed by atoms with Crippen molar-refractivity contribution in [1.29, 1.82) is 0 Å². The SMILES string of the molecule is Cc1ccc(C)c(-n2ncc(CBr)c2C(F)(F)F)c1. The van der Waals surface area contributed by atoms with Gasteiger partial charge in [-0.15, -0.1) is 0 Å². The van der Waals surface area contributed by atoms with Crippen LogP contribution in [0.1, 0.15) is 22.4 Å². The first-order valence-electron chi connectivity index (χ1n) is 5.62. The average molecular weight is 333 g/mol. The summed E-state index contributed by atoms with van der Waals surface area (Å²) in [5.41, 5.74) is 1.51. The van der Waals surface area contributed by atoms with E-state index >= 15 is 0 Å². The monoisotopic (exact) mass is 332 g/mol. The Morgan fingerprint density at radius 2 is 1.95 bits per heavy atom. The van der Waals surface area contributed by atoms with Crippen LogP contribution in [0.25, 0.3) is 5.69 Å². The van der Waals surface area contributed by atoms with E-state index in [0.29, 0.717) is 5.69 Å². The quantitative estimate of drug-likeness (QED) is 0.745. The molecule has 2 nitrogen and oxygen atoms in total. The molecule has 0 saturated heterocycles. The van der Waals surface area contributed by atoms with Crippen molar-refractivity contribution in [2.45, 2.75) is 25.4 Å². The highest BCUT2D eigenvalue weighted by Gasteiger charge is 2.38. The predicted molar refractivity (Wildman–Crippen MR) is 70.7 cm³/mol. The van der Waals surface area contributed by atoms with Crippen LogP contribution in [0.4, 0.5) is 13.2 Å². The third-order valence-electron chi connectivity index (χ3n) is 2.85. The number of alkyl halides is 4. The highest BCUT2D eigenvalue weighted by Crippen LogP contribution is 2.35. The van der Waals surface area contributed by atoms with Gasteiger partial charge in [-0.2, -0.15) is 18.3 Å². The molecule has 1 heterocycles. The van der Waals surface area contributed by atoms with Gasteiger partial charge in [0.15, 0.2) is 5.69 Å². The van der Waals surface area contributed by atoms with Crippen molar-refractivity contribution in [3.8, 4) is 5.69 Å². The molecule has 2 rings (SSSR count). The Balaban J connectivity index is 2.69. The van der Waals surface area contributed by atoms with Gasteiger partial charge in [-0.1, -0.05) is 28.1 Å². The lowest BCUT2D eigenvalue weighted by atomic mass is 10.1. The fraction of sp³-hybridized carbons (Fsp3) is 0.308. The molecule has 0 saturated carbocycles. The summed E-state index contributed by atoms with van der Waals surface area (Å²) in [6.07, 6.45) is -3.19. The number of benzene rings is 1. The van der Waals surface area contributed by atoms with Gasteiger partial charge in [-0.25, -0.2) is 4.68 Å². The number of aromatic nitrogens is 2. The molecule has 6 heteroatoms. The minimum atomic E-state index is -4.43. The summed E-state index contributed by atoms with van der Waals surface area (Å²) in [5, 5.41) is 4.01. The molecule has 0 unspecified atom stereocenters. The lowest BCUT2D eigenvalue weighted by Crippen LogP contribution is -2.16. The molecule has 0 fully saturated rings. The first kappa shape index (κ1) is 14.1. The molecule has 1 aromatic carbocycles. The molecular weight excluding hydrogens is 321 g/mol. The number of halogens is 4. The molecule has 19 heavy (non-hydrogen) atoms. The fourth-order valence-electron chi connectivity index (χ4n) is 1.91. The minimum absolute atomic E-state index is 0.118. The Morgan fingerprint density at radius 1 is 1.26 bits per heavy atom. The second-order valence-electron chi connectivity index (χ2n) is 4.35. The highest BCUT2D eigenvalue weighted by atomic mass is 79.9. The zero-order valence-electron chi connectivity index (χ0n) is 10.4. The third kappa shape index (κ3) is 2.68. The lowest BCUT2D eigenvalue weighted by molar-refractivity contribution is -0.143. The van der Waals surface area contributed by atoms with Crippen LogP contribution < -0.4 is 0 Å². The van der Waals surface area contributed by atoms with Gasteiger partial charge in [-0.3, -0.25) is 0 Å².